The zero-order chi connectivity index (χ0) is 16.1. The van der Waals surface area contributed by atoms with Crippen LogP contribution in [0.4, 0.5) is 0 Å². The number of hydrogen-bond donors (Lipinski definition) is 3. The van der Waals surface area contributed by atoms with E-state index in [2.05, 4.69) is 4.90 Å². The summed E-state index contributed by atoms with van der Waals surface area (Å²) in [6.07, 6.45) is 4.99. The van der Waals surface area contributed by atoms with Gasteiger partial charge in [0.2, 0.25) is 5.43 Å². The summed E-state index contributed by atoms with van der Waals surface area (Å²) in [5.41, 5.74) is 0.0578. The van der Waals surface area contributed by atoms with Crippen molar-refractivity contribution < 1.29 is 20.1 Å². The third-order valence-corrected chi connectivity index (χ3v) is 4.08. The van der Waals surface area contributed by atoms with Crippen LogP contribution in [0.3, 0.4) is 0 Å². The van der Waals surface area contributed by atoms with Gasteiger partial charge in [0, 0.05) is 31.0 Å². The van der Waals surface area contributed by atoms with Crippen molar-refractivity contribution >= 4 is 5.97 Å². The van der Waals surface area contributed by atoms with Gasteiger partial charge in [-0.25, -0.2) is 0 Å². The minimum atomic E-state index is -1.03. The third-order valence-electron chi connectivity index (χ3n) is 4.08. The molecule has 0 amide bonds. The van der Waals surface area contributed by atoms with Gasteiger partial charge in [0.15, 0.2) is 5.75 Å². The molecule has 122 valence electrons. The maximum absolute atomic E-state index is 11.7. The fourth-order valence-electron chi connectivity index (χ4n) is 2.98. The number of carboxylic acid groups (broad SMARTS) is 1. The predicted octanol–water partition coefficient (Wildman–Crippen LogP) is 0.375. The summed E-state index contributed by atoms with van der Waals surface area (Å²) < 4.78 is 1.39. The Morgan fingerprint density at radius 1 is 1.36 bits per heavy atom. The third kappa shape index (κ3) is 4.08. The average molecular weight is 310 g/mol. The fraction of sp³-hybridized carbons (Fsp3) is 0.600. The molecule has 22 heavy (non-hydrogen) atoms. The van der Waals surface area contributed by atoms with E-state index in [1.54, 1.807) is 0 Å². The first kappa shape index (κ1) is 16.5. The predicted molar refractivity (Wildman–Crippen MR) is 79.8 cm³/mol. The van der Waals surface area contributed by atoms with Gasteiger partial charge < -0.3 is 19.9 Å². The van der Waals surface area contributed by atoms with E-state index in [0.717, 1.165) is 25.8 Å². The highest BCUT2D eigenvalue weighted by atomic mass is 16.4. The van der Waals surface area contributed by atoms with E-state index in [-0.39, 0.29) is 19.2 Å². The second-order valence-electron chi connectivity index (χ2n) is 5.67. The number of carbonyl (C=O) groups is 1. The van der Waals surface area contributed by atoms with E-state index in [1.807, 2.05) is 0 Å². The molecule has 1 aliphatic heterocycles. The van der Waals surface area contributed by atoms with Gasteiger partial charge in [0.25, 0.3) is 0 Å². The van der Waals surface area contributed by atoms with Crippen molar-refractivity contribution in [3.8, 4) is 5.75 Å². The van der Waals surface area contributed by atoms with Crippen molar-refractivity contribution in [2.75, 3.05) is 13.2 Å². The number of pyridine rings is 1. The molecule has 7 heteroatoms. The molecule has 1 saturated heterocycles. The number of aromatic nitrogens is 1. The molecule has 0 bridgehead atoms. The Bertz CT molecular complexity index is 582. The molecule has 1 fully saturated rings. The van der Waals surface area contributed by atoms with Crippen LogP contribution in [0.1, 0.15) is 31.4 Å². The van der Waals surface area contributed by atoms with Gasteiger partial charge in [-0.3, -0.25) is 14.5 Å². The molecule has 1 aliphatic rings. The van der Waals surface area contributed by atoms with E-state index in [9.17, 15) is 14.7 Å². The summed E-state index contributed by atoms with van der Waals surface area (Å²) in [5, 5.41) is 27.6. The molecule has 0 saturated carbocycles. The molecule has 1 atom stereocenters. The Morgan fingerprint density at radius 2 is 2.14 bits per heavy atom. The van der Waals surface area contributed by atoms with Crippen molar-refractivity contribution in [3.63, 3.8) is 0 Å². The van der Waals surface area contributed by atoms with Gasteiger partial charge in [-0.1, -0.05) is 6.42 Å². The molecule has 0 radical (unpaired) electrons. The number of carboxylic acids is 1. The molecule has 2 heterocycles. The van der Waals surface area contributed by atoms with Crippen LogP contribution in [0, 0.1) is 0 Å². The van der Waals surface area contributed by atoms with Crippen LogP contribution in [0.2, 0.25) is 0 Å². The number of hydrogen-bond acceptors (Lipinski definition) is 5. The average Bonchev–Trinajstić information content (AvgIpc) is 2.46. The molecule has 0 aromatic carbocycles. The van der Waals surface area contributed by atoms with E-state index >= 15 is 0 Å². The number of rotatable bonds is 6. The number of aliphatic carboxylic acids is 1. The normalized spacial score (nSPS) is 19.2. The number of piperidine rings is 1. The molecule has 1 unspecified atom stereocenters. The minimum absolute atomic E-state index is 0.110. The van der Waals surface area contributed by atoms with Gasteiger partial charge in [0.1, 0.15) is 6.54 Å². The number of aromatic hydroxyl groups is 1. The quantitative estimate of drug-likeness (QED) is 0.702. The molecule has 0 aliphatic carbocycles. The molecule has 3 N–H and O–H groups in total. The first-order valence-electron chi connectivity index (χ1n) is 7.50. The SMILES string of the molecule is O=C(O)Cn1cc(O)c(=O)cc1CN1CCCCC1CCO. The Morgan fingerprint density at radius 3 is 2.82 bits per heavy atom. The van der Waals surface area contributed by atoms with Crippen LogP contribution in [-0.4, -0.2) is 49.9 Å². The van der Waals surface area contributed by atoms with Gasteiger partial charge >= 0.3 is 5.97 Å². The van der Waals surface area contributed by atoms with Crippen molar-refractivity contribution in [1.29, 1.82) is 0 Å². The lowest BCUT2D eigenvalue weighted by Gasteiger charge is -2.36. The summed E-state index contributed by atoms with van der Waals surface area (Å²) >= 11 is 0. The summed E-state index contributed by atoms with van der Waals surface area (Å²) in [4.78, 5) is 24.8. The lowest BCUT2D eigenvalue weighted by Crippen LogP contribution is -2.40. The van der Waals surface area contributed by atoms with Crippen LogP contribution in [0.5, 0.6) is 5.75 Å². The zero-order valence-corrected chi connectivity index (χ0v) is 12.4. The monoisotopic (exact) mass is 310 g/mol. The first-order valence-corrected chi connectivity index (χ1v) is 7.50. The van der Waals surface area contributed by atoms with Gasteiger partial charge in [-0.05, 0) is 25.8 Å². The summed E-state index contributed by atoms with van der Waals surface area (Å²) in [5.74, 6) is -1.48. The minimum Gasteiger partial charge on any atom is -0.503 e. The van der Waals surface area contributed by atoms with Crippen molar-refractivity contribution in [1.82, 2.24) is 9.47 Å². The van der Waals surface area contributed by atoms with Crippen molar-refractivity contribution in [3.05, 3.63) is 28.2 Å². The smallest absolute Gasteiger partial charge is 0.323 e. The highest BCUT2D eigenvalue weighted by molar-refractivity contribution is 5.66. The van der Waals surface area contributed by atoms with Crippen LogP contribution < -0.4 is 5.43 Å². The van der Waals surface area contributed by atoms with Gasteiger partial charge in [0.05, 0.1) is 6.20 Å². The molecule has 7 nitrogen and oxygen atoms in total. The maximum Gasteiger partial charge on any atom is 0.323 e. The Balaban J connectivity index is 2.24. The van der Waals surface area contributed by atoms with E-state index in [1.165, 1.54) is 16.8 Å². The summed E-state index contributed by atoms with van der Waals surface area (Å²) in [6.45, 7) is 1.10. The van der Waals surface area contributed by atoms with Gasteiger partial charge in [-0.2, -0.15) is 0 Å². The van der Waals surface area contributed by atoms with E-state index < -0.39 is 17.1 Å². The van der Waals surface area contributed by atoms with E-state index in [4.69, 9.17) is 10.2 Å². The number of nitrogens with zero attached hydrogens (tertiary/aromatic N) is 2. The lowest BCUT2D eigenvalue weighted by atomic mass is 9.99. The Labute approximate surface area is 128 Å². The number of aliphatic hydroxyl groups excluding tert-OH is 1. The standard InChI is InChI=1S/C15H22N2O5/c18-6-4-11-3-1-2-5-16(11)8-12-7-13(19)14(20)9-17(12)10-15(21)22/h7,9,11,18,20H,1-6,8,10H2,(H,21,22). The highest BCUT2D eigenvalue weighted by Crippen LogP contribution is 2.22. The second kappa shape index (κ2) is 7.42. The highest BCUT2D eigenvalue weighted by Gasteiger charge is 2.23. The number of likely N-dealkylation sites (tertiary alicyclic amines) is 1. The largest absolute Gasteiger partial charge is 0.503 e. The van der Waals surface area contributed by atoms with Crippen molar-refractivity contribution in [2.45, 2.75) is 44.8 Å². The van der Waals surface area contributed by atoms with Crippen LogP contribution in [0.15, 0.2) is 17.1 Å². The van der Waals surface area contributed by atoms with Crippen LogP contribution in [-0.2, 0) is 17.9 Å². The fourth-order valence-corrected chi connectivity index (χ4v) is 2.98. The summed E-state index contributed by atoms with van der Waals surface area (Å²) in [6, 6.07) is 1.53. The lowest BCUT2D eigenvalue weighted by molar-refractivity contribution is -0.137. The second-order valence-corrected chi connectivity index (χ2v) is 5.67. The molecule has 2 rings (SSSR count). The van der Waals surface area contributed by atoms with Crippen LogP contribution in [0.25, 0.3) is 0 Å². The Kier molecular flexibility index (Phi) is 5.57. The van der Waals surface area contributed by atoms with Crippen LogP contribution >= 0.6 is 0 Å². The zero-order valence-electron chi connectivity index (χ0n) is 12.4. The molecular formula is C15H22N2O5. The number of aliphatic hydroxyl groups is 1. The molecule has 0 spiro atoms. The Hall–Kier alpha value is -1.86. The summed E-state index contributed by atoms with van der Waals surface area (Å²) in [7, 11) is 0. The van der Waals surface area contributed by atoms with Gasteiger partial charge in [-0.15, -0.1) is 0 Å². The molecule has 1 aromatic heterocycles. The van der Waals surface area contributed by atoms with E-state index in [0.29, 0.717) is 18.7 Å². The first-order chi connectivity index (χ1) is 10.5. The molecular weight excluding hydrogens is 288 g/mol. The van der Waals surface area contributed by atoms with Crippen molar-refractivity contribution in [2.24, 2.45) is 0 Å². The maximum atomic E-state index is 11.7. The molecule has 1 aromatic rings. The topological polar surface area (TPSA) is 103 Å².